The van der Waals surface area contributed by atoms with E-state index >= 15 is 0 Å². The standard InChI is InChI=1S/C27H24N6O4/c1-35-23-13-19(14-24(36-2)25(23)37-3)30-26(34)22-12-17-11-18(6-7-20(17)32-22)31-27-29-10-8-21(33-27)16-5-4-9-28-15-16/h4-15,32H,1-3H3,(H,30,34)(H,29,31,33). The summed E-state index contributed by atoms with van der Waals surface area (Å²) in [6.45, 7) is 0. The summed E-state index contributed by atoms with van der Waals surface area (Å²) in [5, 5.41) is 6.94. The van der Waals surface area contributed by atoms with E-state index < -0.39 is 0 Å². The summed E-state index contributed by atoms with van der Waals surface area (Å²) in [7, 11) is 4.56. The van der Waals surface area contributed by atoms with Crippen molar-refractivity contribution in [3.63, 3.8) is 0 Å². The second-order valence-electron chi connectivity index (χ2n) is 7.99. The van der Waals surface area contributed by atoms with Gasteiger partial charge in [0.15, 0.2) is 11.5 Å². The second-order valence-corrected chi connectivity index (χ2v) is 7.99. The number of anilines is 3. The lowest BCUT2D eigenvalue weighted by atomic mass is 10.2. The number of nitrogens with one attached hydrogen (secondary N) is 3. The molecule has 0 aliphatic heterocycles. The number of fused-ring (bicyclic) bond motifs is 1. The SMILES string of the molecule is COc1cc(NC(=O)c2cc3cc(Nc4nccc(-c5cccnc5)n4)ccc3[nH]2)cc(OC)c1OC. The van der Waals surface area contributed by atoms with E-state index in [4.69, 9.17) is 14.2 Å². The maximum Gasteiger partial charge on any atom is 0.272 e. The molecule has 186 valence electrons. The van der Waals surface area contributed by atoms with Crippen LogP contribution in [0.3, 0.4) is 0 Å². The number of aromatic amines is 1. The van der Waals surface area contributed by atoms with Gasteiger partial charge in [-0.05, 0) is 42.5 Å². The number of carbonyl (C=O) groups excluding carboxylic acids is 1. The summed E-state index contributed by atoms with van der Waals surface area (Å²) in [6.07, 6.45) is 5.16. The first-order valence-electron chi connectivity index (χ1n) is 11.3. The molecular formula is C27H24N6O4. The van der Waals surface area contributed by atoms with Crippen LogP contribution in [0.25, 0.3) is 22.2 Å². The lowest BCUT2D eigenvalue weighted by Gasteiger charge is -2.14. The zero-order valence-corrected chi connectivity index (χ0v) is 20.4. The lowest BCUT2D eigenvalue weighted by molar-refractivity contribution is 0.102. The maximum absolute atomic E-state index is 13.0. The number of pyridine rings is 1. The molecule has 0 radical (unpaired) electrons. The maximum atomic E-state index is 13.0. The Hall–Kier alpha value is -5.12. The molecule has 3 N–H and O–H groups in total. The van der Waals surface area contributed by atoms with Crippen molar-refractivity contribution in [3.8, 4) is 28.5 Å². The quantitative estimate of drug-likeness (QED) is 0.273. The van der Waals surface area contributed by atoms with Gasteiger partial charge in [0, 0.05) is 58.6 Å². The average molecular weight is 497 g/mol. The normalized spacial score (nSPS) is 10.7. The highest BCUT2D eigenvalue weighted by Gasteiger charge is 2.16. The van der Waals surface area contributed by atoms with Crippen LogP contribution in [0.15, 0.2) is 73.2 Å². The van der Waals surface area contributed by atoms with Crippen LogP contribution in [0, 0.1) is 0 Å². The third-order valence-corrected chi connectivity index (χ3v) is 5.66. The van der Waals surface area contributed by atoms with Crippen LogP contribution in [0.1, 0.15) is 10.5 Å². The number of aromatic nitrogens is 4. The van der Waals surface area contributed by atoms with Crippen LogP contribution < -0.4 is 24.8 Å². The number of benzene rings is 2. The highest BCUT2D eigenvalue weighted by Crippen LogP contribution is 2.40. The van der Waals surface area contributed by atoms with Gasteiger partial charge in [-0.2, -0.15) is 0 Å². The molecule has 0 spiro atoms. The van der Waals surface area contributed by atoms with E-state index in [1.54, 1.807) is 36.8 Å². The summed E-state index contributed by atoms with van der Waals surface area (Å²) in [5.41, 5.74) is 4.16. The minimum atomic E-state index is -0.313. The number of carbonyl (C=O) groups is 1. The molecule has 5 aromatic rings. The van der Waals surface area contributed by atoms with Gasteiger partial charge < -0.3 is 29.8 Å². The molecule has 1 amide bonds. The van der Waals surface area contributed by atoms with Gasteiger partial charge >= 0.3 is 0 Å². The van der Waals surface area contributed by atoms with Crippen molar-refractivity contribution < 1.29 is 19.0 Å². The minimum Gasteiger partial charge on any atom is -0.493 e. The highest BCUT2D eigenvalue weighted by molar-refractivity contribution is 6.06. The molecule has 10 heteroatoms. The van der Waals surface area contributed by atoms with E-state index in [9.17, 15) is 4.79 Å². The molecule has 0 saturated heterocycles. The first kappa shape index (κ1) is 23.6. The number of ether oxygens (including phenoxy) is 3. The molecule has 0 saturated carbocycles. The van der Waals surface area contributed by atoms with Gasteiger partial charge in [0.1, 0.15) is 5.69 Å². The van der Waals surface area contributed by atoms with Gasteiger partial charge in [0.25, 0.3) is 5.91 Å². The van der Waals surface area contributed by atoms with E-state index in [-0.39, 0.29) is 5.91 Å². The zero-order chi connectivity index (χ0) is 25.8. The number of hydrogen-bond acceptors (Lipinski definition) is 8. The summed E-state index contributed by atoms with van der Waals surface area (Å²) in [6, 6.07) is 16.4. The van der Waals surface area contributed by atoms with Crippen LogP contribution in [-0.4, -0.2) is 47.2 Å². The van der Waals surface area contributed by atoms with E-state index in [2.05, 4.69) is 30.6 Å². The molecule has 3 heterocycles. The molecule has 0 unspecified atom stereocenters. The van der Waals surface area contributed by atoms with Gasteiger partial charge in [-0.25, -0.2) is 9.97 Å². The minimum absolute atomic E-state index is 0.313. The summed E-state index contributed by atoms with van der Waals surface area (Å²) < 4.78 is 16.1. The Morgan fingerprint density at radius 1 is 0.892 bits per heavy atom. The third kappa shape index (κ3) is 4.98. The van der Waals surface area contributed by atoms with Crippen LogP contribution in [-0.2, 0) is 0 Å². The van der Waals surface area contributed by atoms with Gasteiger partial charge in [-0.1, -0.05) is 0 Å². The van der Waals surface area contributed by atoms with Gasteiger partial charge in [0.05, 0.1) is 27.0 Å². The van der Waals surface area contributed by atoms with Gasteiger partial charge in [-0.15, -0.1) is 0 Å². The largest absolute Gasteiger partial charge is 0.493 e. The molecule has 2 aromatic carbocycles. The van der Waals surface area contributed by atoms with Crippen molar-refractivity contribution in [1.82, 2.24) is 19.9 Å². The number of methoxy groups -OCH3 is 3. The van der Waals surface area contributed by atoms with Crippen LogP contribution in [0.2, 0.25) is 0 Å². The predicted octanol–water partition coefficient (Wildman–Crippen LogP) is 5.04. The molecule has 0 bridgehead atoms. The smallest absolute Gasteiger partial charge is 0.272 e. The summed E-state index contributed by atoms with van der Waals surface area (Å²) in [4.78, 5) is 29.2. The number of nitrogens with zero attached hydrogens (tertiary/aromatic N) is 3. The van der Waals surface area contributed by atoms with E-state index in [1.807, 2.05) is 36.4 Å². The van der Waals surface area contributed by atoms with Gasteiger partial charge in [0.2, 0.25) is 11.7 Å². The molecule has 0 aliphatic carbocycles. The molecule has 0 aliphatic rings. The Labute approximate surface area is 212 Å². The Balaban J connectivity index is 1.35. The van der Waals surface area contributed by atoms with Crippen molar-refractivity contribution in [2.75, 3.05) is 32.0 Å². The second kappa shape index (κ2) is 10.2. The van der Waals surface area contributed by atoms with E-state index in [1.165, 1.54) is 21.3 Å². The fraction of sp³-hybridized carbons (Fsp3) is 0.111. The summed E-state index contributed by atoms with van der Waals surface area (Å²) in [5.74, 6) is 1.48. The molecular weight excluding hydrogens is 472 g/mol. The van der Waals surface area contributed by atoms with Crippen LogP contribution in [0.5, 0.6) is 17.2 Å². The van der Waals surface area contributed by atoms with Crippen molar-refractivity contribution in [3.05, 3.63) is 78.9 Å². The molecule has 37 heavy (non-hydrogen) atoms. The van der Waals surface area contributed by atoms with Crippen molar-refractivity contribution >= 4 is 34.1 Å². The van der Waals surface area contributed by atoms with E-state index in [0.29, 0.717) is 34.6 Å². The number of hydrogen-bond donors (Lipinski definition) is 3. The Kier molecular flexibility index (Phi) is 6.54. The van der Waals surface area contributed by atoms with E-state index in [0.717, 1.165) is 27.8 Å². The fourth-order valence-electron chi connectivity index (χ4n) is 3.91. The molecule has 5 rings (SSSR count). The molecule has 10 nitrogen and oxygen atoms in total. The number of H-pyrrole nitrogens is 1. The Morgan fingerprint density at radius 2 is 1.70 bits per heavy atom. The average Bonchev–Trinajstić information content (AvgIpc) is 3.37. The van der Waals surface area contributed by atoms with Crippen molar-refractivity contribution in [2.45, 2.75) is 0 Å². The number of rotatable bonds is 8. The third-order valence-electron chi connectivity index (χ3n) is 5.66. The van der Waals surface area contributed by atoms with Crippen molar-refractivity contribution in [1.29, 1.82) is 0 Å². The number of amides is 1. The Bertz CT molecular complexity index is 1540. The molecule has 0 fully saturated rings. The highest BCUT2D eigenvalue weighted by atomic mass is 16.5. The predicted molar refractivity (Wildman–Crippen MR) is 141 cm³/mol. The Morgan fingerprint density at radius 3 is 2.41 bits per heavy atom. The first-order chi connectivity index (χ1) is 18.1. The first-order valence-corrected chi connectivity index (χ1v) is 11.3. The lowest BCUT2D eigenvalue weighted by Crippen LogP contribution is -2.12. The van der Waals surface area contributed by atoms with Crippen LogP contribution in [0.4, 0.5) is 17.3 Å². The summed E-state index contributed by atoms with van der Waals surface area (Å²) >= 11 is 0. The monoisotopic (exact) mass is 496 g/mol. The van der Waals surface area contributed by atoms with Crippen molar-refractivity contribution in [2.24, 2.45) is 0 Å². The zero-order valence-electron chi connectivity index (χ0n) is 20.4. The van der Waals surface area contributed by atoms with Gasteiger partial charge in [-0.3, -0.25) is 9.78 Å². The molecule has 3 aromatic heterocycles. The fourth-order valence-corrected chi connectivity index (χ4v) is 3.91. The molecule has 0 atom stereocenters. The topological polar surface area (TPSA) is 123 Å². The van der Waals surface area contributed by atoms with Crippen LogP contribution >= 0.6 is 0 Å².